The number of carbonyl (C=O) groups is 3. The molecule has 226 valence electrons. The van der Waals surface area contributed by atoms with Crippen molar-refractivity contribution in [1.29, 1.82) is 0 Å². The lowest BCUT2D eigenvalue weighted by molar-refractivity contribution is -0.184. The van der Waals surface area contributed by atoms with Crippen molar-refractivity contribution in [3.8, 4) is 5.75 Å². The van der Waals surface area contributed by atoms with Crippen molar-refractivity contribution < 1.29 is 33.3 Å². The summed E-state index contributed by atoms with van der Waals surface area (Å²) in [6.45, 7) is 5.23. The molecule has 1 saturated carbocycles. The summed E-state index contributed by atoms with van der Waals surface area (Å²) in [6, 6.07) is 13.9. The number of esters is 1. The monoisotopic (exact) mass is 610 g/mol. The average molecular weight is 612 g/mol. The molecule has 1 amide bonds. The summed E-state index contributed by atoms with van der Waals surface area (Å²) < 4.78 is 21.7. The van der Waals surface area contributed by atoms with Crippen molar-refractivity contribution in [3.63, 3.8) is 0 Å². The molecule has 0 aromatic heterocycles. The molecule has 2 aromatic carbocycles. The van der Waals surface area contributed by atoms with Gasteiger partial charge in [-0.15, -0.1) is 12.4 Å². The van der Waals surface area contributed by atoms with Gasteiger partial charge in [0.2, 0.25) is 6.29 Å². The van der Waals surface area contributed by atoms with Gasteiger partial charge in [0.05, 0.1) is 0 Å². The summed E-state index contributed by atoms with van der Waals surface area (Å²) in [5, 5.41) is 3.44. The molecule has 0 bridgehead atoms. The molecular formula is C30H40Cl2N2O7. The number of amides is 1. The lowest BCUT2D eigenvalue weighted by atomic mass is 9.85. The third-order valence-electron chi connectivity index (χ3n) is 6.78. The van der Waals surface area contributed by atoms with Gasteiger partial charge in [0, 0.05) is 30.6 Å². The smallest absolute Gasteiger partial charge is 0.476 e. The van der Waals surface area contributed by atoms with Gasteiger partial charge < -0.3 is 30.0 Å². The third-order valence-corrected chi connectivity index (χ3v) is 7.04. The van der Waals surface area contributed by atoms with Gasteiger partial charge in [0.1, 0.15) is 11.9 Å². The zero-order valence-corrected chi connectivity index (χ0v) is 25.3. The fraction of sp³-hybridized carbons (Fsp3) is 0.500. The van der Waals surface area contributed by atoms with E-state index < -0.39 is 30.1 Å². The van der Waals surface area contributed by atoms with E-state index in [1.807, 2.05) is 12.1 Å². The lowest BCUT2D eigenvalue weighted by Crippen LogP contribution is -2.42. The minimum absolute atomic E-state index is 0. The summed E-state index contributed by atoms with van der Waals surface area (Å²) in [7, 11) is 0. The molecule has 2 atom stereocenters. The van der Waals surface area contributed by atoms with Crippen molar-refractivity contribution in [1.82, 2.24) is 5.32 Å². The lowest BCUT2D eigenvalue weighted by Gasteiger charge is -2.29. The number of halogens is 2. The predicted octanol–water partition coefficient (Wildman–Crippen LogP) is 5.84. The van der Waals surface area contributed by atoms with Crippen LogP contribution in [0.5, 0.6) is 5.75 Å². The van der Waals surface area contributed by atoms with Crippen LogP contribution in [0.4, 0.5) is 4.79 Å². The van der Waals surface area contributed by atoms with E-state index in [0.717, 1.165) is 31.2 Å². The molecular weight excluding hydrogens is 571 g/mol. The Morgan fingerprint density at radius 3 is 2.22 bits per heavy atom. The Balaban J connectivity index is 0.00000588. The van der Waals surface area contributed by atoms with Gasteiger partial charge in [-0.05, 0) is 81.0 Å². The molecule has 3 N–H and O–H groups in total. The number of nitrogens with two attached hydrogens (primary N) is 1. The molecule has 1 aliphatic rings. The van der Waals surface area contributed by atoms with Crippen molar-refractivity contribution in [2.75, 3.05) is 13.1 Å². The van der Waals surface area contributed by atoms with E-state index in [4.69, 9.17) is 36.3 Å². The van der Waals surface area contributed by atoms with Crippen LogP contribution in [0.25, 0.3) is 0 Å². The molecule has 0 spiro atoms. The van der Waals surface area contributed by atoms with Crippen LogP contribution in [-0.4, -0.2) is 49.1 Å². The normalized spacial score (nSPS) is 15.0. The zero-order chi connectivity index (χ0) is 29.1. The second kappa shape index (κ2) is 16.4. The van der Waals surface area contributed by atoms with Crippen LogP contribution < -0.4 is 15.8 Å². The van der Waals surface area contributed by atoms with Crippen LogP contribution in [0.3, 0.4) is 0 Å². The fourth-order valence-corrected chi connectivity index (χ4v) is 4.66. The maximum Gasteiger partial charge on any atom is 0.511 e. The number of carbonyl (C=O) groups excluding carboxylic acids is 3. The molecule has 2 unspecified atom stereocenters. The van der Waals surface area contributed by atoms with E-state index >= 15 is 0 Å². The Bertz CT molecular complexity index is 1120. The van der Waals surface area contributed by atoms with E-state index in [0.29, 0.717) is 29.3 Å². The highest BCUT2D eigenvalue weighted by atomic mass is 35.5. The van der Waals surface area contributed by atoms with Crippen LogP contribution >= 0.6 is 24.0 Å². The summed E-state index contributed by atoms with van der Waals surface area (Å²) in [4.78, 5) is 37.2. The van der Waals surface area contributed by atoms with Crippen molar-refractivity contribution in [2.24, 2.45) is 11.7 Å². The fourth-order valence-electron chi connectivity index (χ4n) is 4.53. The zero-order valence-electron chi connectivity index (χ0n) is 23.7. The van der Waals surface area contributed by atoms with Gasteiger partial charge in [-0.2, -0.15) is 0 Å². The number of benzene rings is 2. The Labute approximate surface area is 252 Å². The number of hydrogen-bond donors (Lipinski definition) is 2. The Morgan fingerprint density at radius 1 is 0.976 bits per heavy atom. The van der Waals surface area contributed by atoms with Crippen molar-refractivity contribution in [2.45, 2.75) is 77.3 Å². The Kier molecular flexibility index (Phi) is 13.7. The van der Waals surface area contributed by atoms with Crippen LogP contribution in [0.1, 0.15) is 68.8 Å². The second-order valence-corrected chi connectivity index (χ2v) is 10.8. The van der Waals surface area contributed by atoms with Crippen LogP contribution in [0.2, 0.25) is 5.02 Å². The van der Waals surface area contributed by atoms with Gasteiger partial charge >= 0.3 is 12.1 Å². The average Bonchev–Trinajstić information content (AvgIpc) is 2.93. The minimum Gasteiger partial charge on any atom is -0.476 e. The molecule has 0 heterocycles. The van der Waals surface area contributed by atoms with E-state index in [-0.39, 0.29) is 30.8 Å². The first-order valence-corrected chi connectivity index (χ1v) is 14.1. The maximum atomic E-state index is 12.7. The van der Waals surface area contributed by atoms with Crippen LogP contribution in [0.15, 0.2) is 48.5 Å². The summed E-state index contributed by atoms with van der Waals surface area (Å²) in [5.41, 5.74) is 5.98. The van der Waals surface area contributed by atoms with Gasteiger partial charge in [-0.1, -0.05) is 43.0 Å². The van der Waals surface area contributed by atoms with Crippen molar-refractivity contribution in [3.05, 3.63) is 64.7 Å². The third kappa shape index (κ3) is 11.1. The molecule has 9 nitrogen and oxygen atoms in total. The van der Waals surface area contributed by atoms with Crippen LogP contribution in [-0.2, 0) is 25.4 Å². The molecule has 0 saturated heterocycles. The number of rotatable bonds is 12. The molecule has 0 aliphatic heterocycles. The first-order valence-electron chi connectivity index (χ1n) is 13.7. The molecule has 11 heteroatoms. The molecule has 1 aliphatic carbocycles. The standard InChI is InChI=1S/C30H39ClN2O7.ClH/c1-20(38-29(36)39-26(19-32)22-7-5-4-6-8-22)37-28(35)30(2,3)40-25-15-9-21(10-16-25)17-18-33-27(34)23-11-13-24(31)14-12-23;/h9-16,20,22,26H,4-8,17-19,32H2,1-3H3,(H,33,34);1H. The van der Waals surface area contributed by atoms with E-state index in [1.54, 1.807) is 50.2 Å². The van der Waals surface area contributed by atoms with Gasteiger partial charge in [-0.3, -0.25) is 4.79 Å². The quantitative estimate of drug-likeness (QED) is 0.227. The van der Waals surface area contributed by atoms with Gasteiger partial charge in [0.15, 0.2) is 5.60 Å². The first kappa shape index (κ1) is 34.2. The highest BCUT2D eigenvalue weighted by Gasteiger charge is 2.34. The van der Waals surface area contributed by atoms with Gasteiger partial charge in [-0.25, -0.2) is 9.59 Å². The molecule has 2 aromatic rings. The molecule has 41 heavy (non-hydrogen) atoms. The molecule has 0 radical (unpaired) electrons. The Hall–Kier alpha value is -3.01. The van der Waals surface area contributed by atoms with Crippen molar-refractivity contribution >= 4 is 42.0 Å². The van der Waals surface area contributed by atoms with E-state index in [2.05, 4.69) is 5.32 Å². The summed E-state index contributed by atoms with van der Waals surface area (Å²) in [5.74, 6) is -0.200. The highest BCUT2D eigenvalue weighted by Crippen LogP contribution is 2.28. The summed E-state index contributed by atoms with van der Waals surface area (Å²) in [6.07, 6.45) is 3.40. The number of hydrogen-bond acceptors (Lipinski definition) is 8. The Morgan fingerprint density at radius 2 is 1.61 bits per heavy atom. The van der Waals surface area contributed by atoms with E-state index in [9.17, 15) is 14.4 Å². The van der Waals surface area contributed by atoms with E-state index in [1.165, 1.54) is 13.3 Å². The summed E-state index contributed by atoms with van der Waals surface area (Å²) >= 11 is 5.86. The van der Waals surface area contributed by atoms with Crippen LogP contribution in [0, 0.1) is 5.92 Å². The topological polar surface area (TPSA) is 126 Å². The molecule has 3 rings (SSSR count). The maximum absolute atomic E-state index is 12.7. The highest BCUT2D eigenvalue weighted by molar-refractivity contribution is 6.30. The predicted molar refractivity (Wildman–Crippen MR) is 158 cm³/mol. The minimum atomic E-state index is -1.35. The molecule has 1 fully saturated rings. The largest absolute Gasteiger partial charge is 0.511 e. The first-order chi connectivity index (χ1) is 19.1. The second-order valence-electron chi connectivity index (χ2n) is 10.4. The van der Waals surface area contributed by atoms with Gasteiger partial charge in [0.25, 0.3) is 5.91 Å². The number of ether oxygens (including phenoxy) is 4. The number of nitrogens with one attached hydrogen (secondary N) is 1. The SMILES string of the molecule is CC(OC(=O)OC(CN)C1CCCCC1)OC(=O)C(C)(C)Oc1ccc(CCNC(=O)c2ccc(Cl)cc2)cc1.Cl.